The molecule has 10 rings (SSSR count). The van der Waals surface area contributed by atoms with Crippen LogP contribution in [0.2, 0.25) is 0 Å². The molecule has 33 heteroatoms. The highest BCUT2D eigenvalue weighted by atomic mass is 16.8. The first-order valence-electron chi connectivity index (χ1n) is 34.2. The molecule has 33 nitrogen and oxygen atoms in total. The molecular weight excluding hydrogens is 1350 g/mol. The standard InChI is InChI=1S/C69H105NO32/c1-25(24-71)32-20-21-33-36(40(32)72)43(75)39-38(41(33)73)42(74)34-22-64(9,101-59-50(81)65(10,82)46(77)26(2)92-59)54(86-15)45(37(34)44(39)76)98-60-57(89-18)69(14,90-19)53(31(7)96-60)100-58-49(80)67(12,84)52(30(6)95-58)97-35-23-63(8,70-85)51(29(5)91-35)99-61-56(88-17)68(13,48(79)28(4)93-61)102-62-55(87-16)66(11,83)47(78)27(3)94-62/h20-21,25-31,35,45-62,70-72,74,76-85H,22-24H2,1-19H3/t25?,26-,27-,28-,29-,30-,31-,35+,45+,46-,47-,48-,49-,50+,51-,52-,53-,54+,55-,56-,57-,58-,59+,60-,61-,62-,63+,64+,65-,66+,67-,68+,69+/m0/s1. The Morgan fingerprint density at radius 1 is 0.500 bits per heavy atom. The number of nitrogens with one attached hydrogen (secondary N) is 1. The van der Waals surface area contributed by atoms with Gasteiger partial charge in [0, 0.05) is 77.6 Å². The van der Waals surface area contributed by atoms with Crippen molar-refractivity contribution in [3.8, 4) is 17.2 Å². The van der Waals surface area contributed by atoms with E-state index >= 15 is 0 Å². The third-order valence-corrected chi connectivity index (χ3v) is 22.9. The van der Waals surface area contributed by atoms with Gasteiger partial charge in [0.1, 0.15) is 130 Å². The van der Waals surface area contributed by atoms with Crippen LogP contribution in [0, 0.1) is 0 Å². The fraction of sp³-hybridized carbons (Fsp3) is 0.797. The molecule has 0 bridgehead atoms. The Balaban J connectivity index is 0.895. The van der Waals surface area contributed by atoms with E-state index in [1.165, 1.54) is 82.3 Å². The Labute approximate surface area is 590 Å². The summed E-state index contributed by atoms with van der Waals surface area (Å²) in [6.07, 6.45) is -35.1. The van der Waals surface area contributed by atoms with E-state index in [2.05, 4.69) is 5.48 Å². The maximum Gasteiger partial charge on any atom is 0.202 e. The summed E-state index contributed by atoms with van der Waals surface area (Å²) in [5.41, 5.74) is -13.3. The molecule has 2 aromatic carbocycles. The number of hydrogen-bond acceptors (Lipinski definition) is 33. The number of aliphatic hydroxyl groups excluding tert-OH is 6. The first-order chi connectivity index (χ1) is 47.5. The molecule has 6 fully saturated rings. The summed E-state index contributed by atoms with van der Waals surface area (Å²) in [4.78, 5) is 29.5. The van der Waals surface area contributed by atoms with Gasteiger partial charge in [-0.25, -0.2) is 0 Å². The van der Waals surface area contributed by atoms with Crippen molar-refractivity contribution >= 4 is 11.6 Å². The van der Waals surface area contributed by atoms with Crippen molar-refractivity contribution in [2.75, 3.05) is 42.2 Å². The number of methoxy groups -OCH3 is 5. The minimum atomic E-state index is -2.22. The van der Waals surface area contributed by atoms with E-state index < -0.39 is 257 Å². The Bertz CT molecular complexity index is 3360. The first-order valence-corrected chi connectivity index (χ1v) is 34.2. The van der Waals surface area contributed by atoms with Crippen molar-refractivity contribution in [1.82, 2.24) is 5.48 Å². The zero-order valence-corrected chi connectivity index (χ0v) is 60.9. The van der Waals surface area contributed by atoms with Crippen molar-refractivity contribution in [2.45, 2.75) is 309 Å². The molecule has 2 aromatic rings. The number of phenolic OH excluding ortho intramolecular Hbond substituents is 3. The second-order valence-electron chi connectivity index (χ2n) is 30.1. The fourth-order valence-electron chi connectivity index (χ4n) is 16.7. The highest BCUT2D eigenvalue weighted by Crippen LogP contribution is 2.56. The summed E-state index contributed by atoms with van der Waals surface area (Å²) in [5.74, 6) is -5.07. The number of benzene rings is 2. The van der Waals surface area contributed by atoms with Gasteiger partial charge in [-0.1, -0.05) is 13.0 Å². The van der Waals surface area contributed by atoms with Gasteiger partial charge in [-0.15, -0.1) is 0 Å². The smallest absolute Gasteiger partial charge is 0.202 e. The summed E-state index contributed by atoms with van der Waals surface area (Å²) < 4.78 is 108. The summed E-state index contributed by atoms with van der Waals surface area (Å²) in [7, 11) is 6.52. The molecule has 33 atom stereocenters. The predicted octanol–water partition coefficient (Wildman–Crippen LogP) is 0.114. The average molecular weight is 1460 g/mol. The molecule has 14 N–H and O–H groups in total. The van der Waals surface area contributed by atoms with Crippen LogP contribution in [0.4, 0.5) is 0 Å². The predicted molar refractivity (Wildman–Crippen MR) is 346 cm³/mol. The van der Waals surface area contributed by atoms with E-state index in [9.17, 15) is 76.1 Å². The van der Waals surface area contributed by atoms with E-state index in [-0.39, 0.29) is 28.7 Å². The Morgan fingerprint density at radius 3 is 1.58 bits per heavy atom. The molecule has 0 saturated carbocycles. The summed E-state index contributed by atoms with van der Waals surface area (Å²) >= 11 is 0. The second-order valence-corrected chi connectivity index (χ2v) is 30.1. The van der Waals surface area contributed by atoms with Crippen LogP contribution >= 0.6 is 0 Å². The van der Waals surface area contributed by atoms with Crippen LogP contribution in [0.25, 0.3) is 0 Å². The van der Waals surface area contributed by atoms with Gasteiger partial charge in [0.25, 0.3) is 0 Å². The molecule has 6 heterocycles. The van der Waals surface area contributed by atoms with Crippen LogP contribution < -0.4 is 5.48 Å². The van der Waals surface area contributed by atoms with Gasteiger partial charge in [-0.05, 0) is 102 Å². The largest absolute Gasteiger partial charge is 0.507 e. The number of hydrogen-bond donors (Lipinski definition) is 14. The van der Waals surface area contributed by atoms with E-state index in [1.807, 2.05) is 0 Å². The van der Waals surface area contributed by atoms with E-state index in [1.54, 1.807) is 62.3 Å². The average Bonchev–Trinajstić information content (AvgIpc) is 0.706. The Kier molecular flexibility index (Phi) is 23.1. The minimum absolute atomic E-state index is 0.117. The van der Waals surface area contributed by atoms with E-state index in [0.717, 1.165) is 0 Å². The molecule has 0 amide bonds. The Morgan fingerprint density at radius 2 is 0.990 bits per heavy atom. The molecule has 0 aromatic heterocycles. The van der Waals surface area contributed by atoms with Crippen LogP contribution in [-0.4, -0.2) is 307 Å². The van der Waals surface area contributed by atoms with E-state index in [0.29, 0.717) is 0 Å². The molecular formula is C69H105NO32. The highest BCUT2D eigenvalue weighted by molar-refractivity contribution is 6.31. The maximum atomic E-state index is 14.9. The monoisotopic (exact) mass is 1460 g/mol. The van der Waals surface area contributed by atoms with Gasteiger partial charge in [0.05, 0.1) is 58.9 Å². The third-order valence-electron chi connectivity index (χ3n) is 22.9. The number of carbonyl (C=O) groups is 2. The number of rotatable bonds is 20. The zero-order valence-electron chi connectivity index (χ0n) is 60.9. The van der Waals surface area contributed by atoms with Gasteiger partial charge in [-0.3, -0.25) is 9.59 Å². The molecule has 1 unspecified atom stereocenters. The van der Waals surface area contributed by atoms with Crippen molar-refractivity contribution in [1.29, 1.82) is 0 Å². The number of aromatic hydroxyl groups is 3. The zero-order chi connectivity index (χ0) is 75.7. The molecule has 8 aliphatic rings. The molecule has 6 aliphatic heterocycles. The number of ketones is 2. The lowest BCUT2D eigenvalue weighted by atomic mass is 9.71. The Hall–Kier alpha value is -3.94. The number of hydroxylamine groups is 1. The van der Waals surface area contributed by atoms with Gasteiger partial charge in [-0.2, -0.15) is 5.48 Å². The van der Waals surface area contributed by atoms with Crippen molar-refractivity contribution in [3.05, 3.63) is 51.1 Å². The quantitative estimate of drug-likeness (QED) is 0.0527. The SMILES string of the molecule is CO[C@@H]1[C@H](O[C@@H]2O[C@@H](C)[C@H](O[C@@H]3O[C@@H](C)[C@H](O[C@@H]4C[C@@](C)(NO)[C@@H](O[C@@H]5O[C@@H](C)[C@H](O)[C@@](C)(O[C@@H]6O[C@@H](C)[C@H](O)[C@@](C)(O)[C@H]6OC)[C@H]5OC)[C@H](C)O4)[C@@](C)(O)[C@H]3O)[C@@](C)(OC)[C@H]2OC)c2c(O)c3c(c(O)c2C[C@@]1(C)O[C@H]1O[C@@H](C)[C@H](O)[C@](C)(O)[C@@H]1O)C(=O)c1ccc(C(C)CO)c(O)c1C3=O. The van der Waals surface area contributed by atoms with Crippen LogP contribution in [0.1, 0.15) is 164 Å². The van der Waals surface area contributed by atoms with E-state index in [4.69, 9.17) is 80.5 Å². The normalized spacial score (nSPS) is 47.2. The molecule has 102 heavy (non-hydrogen) atoms. The van der Waals surface area contributed by atoms with Gasteiger partial charge < -0.3 is 147 Å². The summed E-state index contributed by atoms with van der Waals surface area (Å²) in [6, 6.07) is 2.63. The topological polar surface area (TPSA) is 466 Å². The minimum Gasteiger partial charge on any atom is -0.507 e. The van der Waals surface area contributed by atoms with Crippen molar-refractivity contribution in [3.63, 3.8) is 0 Å². The fourth-order valence-corrected chi connectivity index (χ4v) is 16.7. The van der Waals surface area contributed by atoms with Gasteiger partial charge in [0.15, 0.2) is 43.5 Å². The summed E-state index contributed by atoms with van der Waals surface area (Å²) in [5, 5.41) is 150. The molecule has 0 radical (unpaired) electrons. The van der Waals surface area contributed by atoms with Gasteiger partial charge >= 0.3 is 0 Å². The second kappa shape index (κ2) is 29.2. The van der Waals surface area contributed by atoms with Crippen LogP contribution in [0.3, 0.4) is 0 Å². The third kappa shape index (κ3) is 13.1. The molecule has 0 spiro atoms. The molecule has 6 saturated heterocycles. The number of fused-ring (bicyclic) bond motifs is 3. The number of ether oxygens (including phenoxy) is 17. The maximum absolute atomic E-state index is 14.9. The molecule has 578 valence electrons. The van der Waals surface area contributed by atoms with Crippen molar-refractivity contribution < 1.29 is 157 Å². The van der Waals surface area contributed by atoms with Crippen LogP contribution in [-0.2, 0) is 86.9 Å². The van der Waals surface area contributed by atoms with Crippen LogP contribution in [0.5, 0.6) is 17.2 Å². The first kappa shape index (κ1) is 80.6. The van der Waals surface area contributed by atoms with Crippen LogP contribution in [0.15, 0.2) is 12.1 Å². The number of aliphatic hydroxyl groups is 9. The van der Waals surface area contributed by atoms with Gasteiger partial charge in [0.2, 0.25) is 5.78 Å². The highest BCUT2D eigenvalue weighted by Gasteiger charge is 2.66. The number of phenols is 3. The lowest BCUT2D eigenvalue weighted by Gasteiger charge is -2.56. The number of carbonyl (C=O) groups excluding carboxylic acids is 2. The van der Waals surface area contributed by atoms with Crippen molar-refractivity contribution in [2.24, 2.45) is 0 Å². The summed E-state index contributed by atoms with van der Waals surface area (Å²) in [6.45, 7) is 20.5. The lowest BCUT2D eigenvalue weighted by molar-refractivity contribution is -0.409. The molecule has 2 aliphatic carbocycles. The lowest BCUT2D eigenvalue weighted by Crippen LogP contribution is -2.73.